The number of carbonyl (C=O) groups excluding carboxylic acids is 1. The molecule has 6 rings (SSSR count). The van der Waals surface area contributed by atoms with Crippen LogP contribution in [0.3, 0.4) is 0 Å². The van der Waals surface area contributed by atoms with Crippen molar-refractivity contribution in [3.8, 4) is 11.4 Å². The van der Waals surface area contributed by atoms with Crippen molar-refractivity contribution >= 4 is 23.2 Å². The number of carbonyl (C=O) groups is 1. The Balaban J connectivity index is 1.22. The molecule has 3 heterocycles. The predicted molar refractivity (Wildman–Crippen MR) is 147 cm³/mol. The van der Waals surface area contributed by atoms with Crippen molar-refractivity contribution in [2.24, 2.45) is 7.05 Å². The zero-order valence-electron chi connectivity index (χ0n) is 21.6. The summed E-state index contributed by atoms with van der Waals surface area (Å²) in [5.74, 6) is 0.343. The van der Waals surface area contributed by atoms with E-state index in [9.17, 15) is 4.79 Å². The Labute approximate surface area is 221 Å². The number of morpholine rings is 1. The molecule has 0 bridgehead atoms. The van der Waals surface area contributed by atoms with Gasteiger partial charge >= 0.3 is 0 Å². The Hall–Kier alpha value is -4.24. The van der Waals surface area contributed by atoms with Crippen molar-refractivity contribution in [3.63, 3.8) is 0 Å². The number of aryl methyl sites for hydroxylation is 2. The molecular formula is C29H31N7O2. The van der Waals surface area contributed by atoms with E-state index in [1.807, 2.05) is 62.6 Å². The topological polar surface area (TPSA) is 97.2 Å². The van der Waals surface area contributed by atoms with E-state index in [1.165, 1.54) is 5.69 Å². The van der Waals surface area contributed by atoms with E-state index >= 15 is 0 Å². The van der Waals surface area contributed by atoms with E-state index < -0.39 is 0 Å². The lowest BCUT2D eigenvalue weighted by molar-refractivity contribution is 0.0933. The minimum Gasteiger partial charge on any atom is -0.378 e. The first-order valence-electron chi connectivity index (χ1n) is 13.0. The first-order valence-corrected chi connectivity index (χ1v) is 13.0. The number of hydrogen-bond donors (Lipinski definition) is 2. The molecule has 1 aliphatic heterocycles. The monoisotopic (exact) mass is 509 g/mol. The smallest absolute Gasteiger partial charge is 0.272 e. The minimum atomic E-state index is -0.172. The number of hydrogen-bond acceptors (Lipinski definition) is 7. The molecule has 2 aromatic heterocycles. The lowest BCUT2D eigenvalue weighted by Crippen LogP contribution is -2.36. The van der Waals surface area contributed by atoms with Crippen molar-refractivity contribution in [1.82, 2.24) is 25.1 Å². The van der Waals surface area contributed by atoms with Crippen molar-refractivity contribution < 1.29 is 9.53 Å². The molecule has 1 atom stereocenters. The normalized spacial score (nSPS) is 15.4. The maximum atomic E-state index is 13.2. The first-order chi connectivity index (χ1) is 18.6. The molecule has 9 nitrogen and oxygen atoms in total. The van der Waals surface area contributed by atoms with Crippen LogP contribution in [0.2, 0.25) is 0 Å². The molecular weight excluding hydrogens is 478 g/mol. The van der Waals surface area contributed by atoms with Gasteiger partial charge in [-0.1, -0.05) is 30.3 Å². The highest BCUT2D eigenvalue weighted by molar-refractivity contribution is 5.96. The van der Waals surface area contributed by atoms with Crippen LogP contribution >= 0.6 is 0 Å². The first kappa shape index (κ1) is 24.1. The van der Waals surface area contributed by atoms with Gasteiger partial charge < -0.3 is 20.3 Å². The second kappa shape index (κ2) is 10.3. The second-order valence-corrected chi connectivity index (χ2v) is 9.74. The van der Waals surface area contributed by atoms with Gasteiger partial charge in [0.1, 0.15) is 0 Å². The number of anilines is 3. The van der Waals surface area contributed by atoms with E-state index in [-0.39, 0.29) is 11.9 Å². The van der Waals surface area contributed by atoms with Crippen LogP contribution in [0.15, 0.2) is 60.8 Å². The van der Waals surface area contributed by atoms with E-state index in [0.29, 0.717) is 11.6 Å². The molecule has 0 unspecified atom stereocenters. The molecule has 2 aromatic carbocycles. The molecule has 9 heteroatoms. The average molecular weight is 510 g/mol. The number of ether oxygens (including phenoxy) is 1. The lowest BCUT2D eigenvalue weighted by Gasteiger charge is -2.28. The highest BCUT2D eigenvalue weighted by Crippen LogP contribution is 2.34. The molecule has 0 saturated carbocycles. The summed E-state index contributed by atoms with van der Waals surface area (Å²) in [7, 11) is 1.87. The molecule has 1 saturated heterocycles. The van der Waals surface area contributed by atoms with Crippen LogP contribution in [0.5, 0.6) is 0 Å². The predicted octanol–water partition coefficient (Wildman–Crippen LogP) is 4.05. The minimum absolute atomic E-state index is 0.120. The van der Waals surface area contributed by atoms with Crippen LogP contribution in [0.25, 0.3) is 11.4 Å². The Kier molecular flexibility index (Phi) is 6.51. The standard InChI is InChI=1S/C29H31N7O2/c1-19(20-6-4-3-5-7-20)31-28(37)26-24-13-8-21-18-30-29(33-25(21)27(24)35(2)34-26)32-22-9-11-23(12-10-22)36-14-16-38-17-15-36/h3-7,9-12,18-19H,8,13-17H2,1-2H3,(H,31,37)(H,30,32,33)/t19-/m1/s1. The van der Waals surface area contributed by atoms with Crippen LogP contribution in [-0.2, 0) is 24.6 Å². The van der Waals surface area contributed by atoms with Gasteiger partial charge in [0.05, 0.1) is 30.6 Å². The Morgan fingerprint density at radius 2 is 1.79 bits per heavy atom. The SMILES string of the molecule is C[C@@H](NC(=O)c1nn(C)c2c1CCc1cnc(Nc3ccc(N4CCOCC4)cc3)nc1-2)c1ccccc1. The number of aromatic nitrogens is 4. The molecule has 2 N–H and O–H groups in total. The molecule has 38 heavy (non-hydrogen) atoms. The zero-order valence-corrected chi connectivity index (χ0v) is 21.6. The summed E-state index contributed by atoms with van der Waals surface area (Å²) in [4.78, 5) is 25.0. The molecule has 1 amide bonds. The molecule has 194 valence electrons. The van der Waals surface area contributed by atoms with Crippen molar-refractivity contribution in [2.45, 2.75) is 25.8 Å². The van der Waals surface area contributed by atoms with Crippen LogP contribution in [-0.4, -0.2) is 52.0 Å². The maximum Gasteiger partial charge on any atom is 0.272 e. The van der Waals surface area contributed by atoms with Crippen LogP contribution in [0.4, 0.5) is 17.3 Å². The number of amides is 1. The molecule has 2 aliphatic rings. The fourth-order valence-corrected chi connectivity index (χ4v) is 5.19. The average Bonchev–Trinajstić information content (AvgIpc) is 3.31. The summed E-state index contributed by atoms with van der Waals surface area (Å²) in [5.41, 5.74) is 7.28. The summed E-state index contributed by atoms with van der Waals surface area (Å²) in [6.45, 7) is 5.30. The number of nitrogens with zero attached hydrogens (tertiary/aromatic N) is 5. The summed E-state index contributed by atoms with van der Waals surface area (Å²) in [5, 5.41) is 11.1. The number of nitrogens with one attached hydrogen (secondary N) is 2. The van der Waals surface area contributed by atoms with Crippen molar-refractivity contribution in [1.29, 1.82) is 0 Å². The Morgan fingerprint density at radius 3 is 2.55 bits per heavy atom. The molecule has 4 aromatic rings. The summed E-state index contributed by atoms with van der Waals surface area (Å²) < 4.78 is 7.22. The molecule has 1 aliphatic carbocycles. The third-order valence-corrected chi connectivity index (χ3v) is 7.24. The Morgan fingerprint density at radius 1 is 1.03 bits per heavy atom. The highest BCUT2D eigenvalue weighted by atomic mass is 16.5. The van der Waals surface area contributed by atoms with E-state index in [1.54, 1.807) is 4.68 Å². The van der Waals surface area contributed by atoms with E-state index in [2.05, 4.69) is 37.7 Å². The molecule has 1 fully saturated rings. The summed E-state index contributed by atoms with van der Waals surface area (Å²) in [6, 6.07) is 18.1. The van der Waals surface area contributed by atoms with Crippen molar-refractivity contribution in [2.75, 3.05) is 36.5 Å². The quantitative estimate of drug-likeness (QED) is 0.405. The van der Waals surface area contributed by atoms with Crippen LogP contribution < -0.4 is 15.5 Å². The van der Waals surface area contributed by atoms with Gasteiger partial charge in [-0.2, -0.15) is 5.10 Å². The second-order valence-electron chi connectivity index (χ2n) is 9.74. The summed E-state index contributed by atoms with van der Waals surface area (Å²) in [6.07, 6.45) is 3.36. The van der Waals surface area contributed by atoms with Gasteiger partial charge in [-0.05, 0) is 55.2 Å². The van der Waals surface area contributed by atoms with Gasteiger partial charge in [0, 0.05) is 43.3 Å². The van der Waals surface area contributed by atoms with Crippen molar-refractivity contribution in [3.05, 3.63) is 83.2 Å². The van der Waals surface area contributed by atoms with E-state index in [0.717, 1.165) is 72.9 Å². The van der Waals surface area contributed by atoms with Gasteiger partial charge in [-0.3, -0.25) is 9.48 Å². The molecule has 0 spiro atoms. The molecule has 0 radical (unpaired) electrons. The van der Waals surface area contributed by atoms with Gasteiger partial charge in [0.25, 0.3) is 5.91 Å². The Bertz CT molecular complexity index is 1440. The third kappa shape index (κ3) is 4.72. The number of fused-ring (bicyclic) bond motifs is 3. The largest absolute Gasteiger partial charge is 0.378 e. The maximum absolute atomic E-state index is 13.2. The fraction of sp³-hybridized carbons (Fsp3) is 0.310. The number of benzene rings is 2. The fourth-order valence-electron chi connectivity index (χ4n) is 5.19. The van der Waals surface area contributed by atoms with Crippen LogP contribution in [0.1, 0.15) is 40.1 Å². The zero-order chi connectivity index (χ0) is 26.1. The highest BCUT2D eigenvalue weighted by Gasteiger charge is 2.29. The lowest BCUT2D eigenvalue weighted by atomic mass is 9.93. The van der Waals surface area contributed by atoms with Gasteiger partial charge in [0.2, 0.25) is 5.95 Å². The third-order valence-electron chi connectivity index (χ3n) is 7.24. The van der Waals surface area contributed by atoms with Crippen LogP contribution in [0, 0.1) is 0 Å². The van der Waals surface area contributed by atoms with Gasteiger partial charge in [0.15, 0.2) is 5.69 Å². The number of rotatable bonds is 6. The van der Waals surface area contributed by atoms with Gasteiger partial charge in [-0.25, -0.2) is 9.97 Å². The van der Waals surface area contributed by atoms with E-state index in [4.69, 9.17) is 9.72 Å². The summed E-state index contributed by atoms with van der Waals surface area (Å²) >= 11 is 0. The van der Waals surface area contributed by atoms with Gasteiger partial charge in [-0.15, -0.1) is 0 Å².